The van der Waals surface area contributed by atoms with Gasteiger partial charge in [0.25, 0.3) is 5.91 Å². The zero-order chi connectivity index (χ0) is 17.6. The molecule has 1 aromatic rings. The van der Waals surface area contributed by atoms with E-state index < -0.39 is 6.10 Å². The number of hydrogen-bond acceptors (Lipinski definition) is 5. The molecular weight excluding hydrogens is 322 g/mol. The predicted molar refractivity (Wildman–Crippen MR) is 90.8 cm³/mol. The highest BCUT2D eigenvalue weighted by molar-refractivity contribution is 5.94. The third-order valence-corrected chi connectivity index (χ3v) is 4.75. The second-order valence-electron chi connectivity index (χ2n) is 6.82. The van der Waals surface area contributed by atoms with Gasteiger partial charge in [-0.2, -0.15) is 0 Å². The Morgan fingerprint density at radius 1 is 1.20 bits per heavy atom. The van der Waals surface area contributed by atoms with Gasteiger partial charge in [-0.15, -0.1) is 0 Å². The summed E-state index contributed by atoms with van der Waals surface area (Å²) in [5.74, 6) is 0.428. The summed E-state index contributed by atoms with van der Waals surface area (Å²) in [6, 6.07) is 3.01. The van der Waals surface area contributed by atoms with Gasteiger partial charge in [-0.1, -0.05) is 0 Å². The van der Waals surface area contributed by atoms with Crippen LogP contribution < -0.4 is 10.6 Å². The molecule has 0 spiro atoms. The van der Waals surface area contributed by atoms with Crippen LogP contribution in [-0.2, 0) is 9.53 Å². The molecule has 0 unspecified atom stereocenters. The van der Waals surface area contributed by atoms with Crippen LogP contribution in [0.3, 0.4) is 0 Å². The summed E-state index contributed by atoms with van der Waals surface area (Å²) in [7, 11) is 0. The first-order valence-corrected chi connectivity index (χ1v) is 8.89. The monoisotopic (exact) mass is 347 g/mol. The van der Waals surface area contributed by atoms with Crippen LogP contribution in [0.25, 0.3) is 0 Å². The Kier molecular flexibility index (Phi) is 5.99. The number of nitrogens with zero attached hydrogens (tertiary/aromatic N) is 1. The van der Waals surface area contributed by atoms with E-state index in [1.165, 1.54) is 12.8 Å². The molecule has 0 aromatic carbocycles. The Morgan fingerprint density at radius 2 is 1.96 bits per heavy atom. The quantitative estimate of drug-likeness (QED) is 0.672. The molecule has 2 fully saturated rings. The van der Waals surface area contributed by atoms with Gasteiger partial charge in [-0.25, -0.2) is 0 Å². The summed E-state index contributed by atoms with van der Waals surface area (Å²) >= 11 is 0. The van der Waals surface area contributed by atoms with E-state index in [4.69, 9.17) is 4.74 Å². The minimum atomic E-state index is -0.499. The van der Waals surface area contributed by atoms with Gasteiger partial charge >= 0.3 is 0 Å². The Morgan fingerprint density at radius 3 is 2.64 bits per heavy atom. The highest BCUT2D eigenvalue weighted by Gasteiger charge is 2.33. The fraction of sp³-hybridized carbons (Fsp3) is 0.611. The number of amides is 2. The van der Waals surface area contributed by atoms with Crippen molar-refractivity contribution >= 4 is 11.8 Å². The van der Waals surface area contributed by atoms with Crippen LogP contribution in [0.1, 0.15) is 42.5 Å². The standard InChI is InChI=1S/C18H25N3O4/c22-11-16-15(21-18(24)13-5-7-19-8-6-13)4-3-14(25-16)9-17(23)20-10-12-1-2-12/h5-8,12,14-16,22H,1-4,9-11H2,(H,20,23)(H,21,24)/t14-,15+,16-/m1/s1. The first kappa shape index (κ1) is 17.8. The molecule has 1 aliphatic carbocycles. The number of carbonyl (C=O) groups excluding carboxylic acids is 2. The Bertz CT molecular complexity index is 591. The van der Waals surface area contributed by atoms with Crippen molar-refractivity contribution in [3.63, 3.8) is 0 Å². The van der Waals surface area contributed by atoms with Crippen LogP contribution in [0.5, 0.6) is 0 Å². The van der Waals surface area contributed by atoms with Crippen molar-refractivity contribution in [2.45, 2.75) is 50.4 Å². The maximum absolute atomic E-state index is 12.2. The summed E-state index contributed by atoms with van der Waals surface area (Å²) in [6.07, 6.45) is 6.45. The summed E-state index contributed by atoms with van der Waals surface area (Å²) in [5, 5.41) is 15.4. The Labute approximate surface area is 147 Å². The van der Waals surface area contributed by atoms with Gasteiger partial charge in [0.15, 0.2) is 0 Å². The van der Waals surface area contributed by atoms with Gasteiger partial charge in [-0.3, -0.25) is 14.6 Å². The fourth-order valence-electron chi connectivity index (χ4n) is 3.06. The molecule has 7 heteroatoms. The van der Waals surface area contributed by atoms with Crippen LogP contribution >= 0.6 is 0 Å². The fourth-order valence-corrected chi connectivity index (χ4v) is 3.06. The molecule has 1 saturated heterocycles. The van der Waals surface area contributed by atoms with Crippen molar-refractivity contribution in [3.8, 4) is 0 Å². The predicted octanol–water partition coefficient (Wildman–Crippen LogP) is 0.636. The van der Waals surface area contributed by atoms with E-state index >= 15 is 0 Å². The van der Waals surface area contributed by atoms with Crippen molar-refractivity contribution in [2.75, 3.05) is 13.2 Å². The molecule has 3 atom stereocenters. The molecule has 7 nitrogen and oxygen atoms in total. The second kappa shape index (κ2) is 8.40. The third-order valence-electron chi connectivity index (χ3n) is 4.75. The molecule has 3 rings (SSSR count). The molecule has 3 N–H and O–H groups in total. The lowest BCUT2D eigenvalue weighted by Crippen LogP contribution is -2.51. The highest BCUT2D eigenvalue weighted by Crippen LogP contribution is 2.28. The lowest BCUT2D eigenvalue weighted by atomic mass is 9.96. The molecule has 2 amide bonds. The summed E-state index contributed by atoms with van der Waals surface area (Å²) in [5.41, 5.74) is 0.522. The van der Waals surface area contributed by atoms with Crippen LogP contribution in [0.15, 0.2) is 24.5 Å². The van der Waals surface area contributed by atoms with E-state index in [9.17, 15) is 14.7 Å². The van der Waals surface area contributed by atoms with E-state index in [-0.39, 0.29) is 30.6 Å². The topological polar surface area (TPSA) is 101 Å². The number of ether oxygens (including phenoxy) is 1. The van der Waals surface area contributed by atoms with E-state index in [2.05, 4.69) is 15.6 Å². The number of aliphatic hydroxyl groups excluding tert-OH is 1. The number of hydrogen-bond donors (Lipinski definition) is 3. The van der Waals surface area contributed by atoms with Crippen LogP contribution in [0.4, 0.5) is 0 Å². The largest absolute Gasteiger partial charge is 0.394 e. The summed E-state index contributed by atoms with van der Waals surface area (Å²) < 4.78 is 5.84. The van der Waals surface area contributed by atoms with E-state index in [1.807, 2.05) is 0 Å². The van der Waals surface area contributed by atoms with Crippen molar-refractivity contribution in [1.29, 1.82) is 0 Å². The number of aromatic nitrogens is 1. The Hall–Kier alpha value is -1.99. The number of rotatable bonds is 7. The Balaban J connectivity index is 1.47. The van der Waals surface area contributed by atoms with Crippen LogP contribution in [0, 0.1) is 5.92 Å². The highest BCUT2D eigenvalue weighted by atomic mass is 16.5. The number of pyridine rings is 1. The molecule has 0 bridgehead atoms. The zero-order valence-corrected chi connectivity index (χ0v) is 14.2. The van der Waals surface area contributed by atoms with Gasteiger partial charge < -0.3 is 20.5 Å². The molecule has 2 heterocycles. The van der Waals surface area contributed by atoms with Crippen LogP contribution in [-0.4, -0.2) is 53.3 Å². The normalized spacial score (nSPS) is 26.0. The van der Waals surface area contributed by atoms with Crippen molar-refractivity contribution in [3.05, 3.63) is 30.1 Å². The molecular formula is C18H25N3O4. The van der Waals surface area contributed by atoms with Gasteiger partial charge in [0.1, 0.15) is 6.10 Å². The lowest BCUT2D eigenvalue weighted by molar-refractivity contribution is -0.130. The molecule has 0 radical (unpaired) electrons. The molecule has 136 valence electrons. The third kappa shape index (κ3) is 5.24. The smallest absolute Gasteiger partial charge is 0.251 e. The molecule has 1 saturated carbocycles. The lowest BCUT2D eigenvalue weighted by Gasteiger charge is -2.36. The summed E-state index contributed by atoms with van der Waals surface area (Å²) in [6.45, 7) is 0.557. The maximum Gasteiger partial charge on any atom is 0.251 e. The van der Waals surface area contributed by atoms with Gasteiger partial charge in [-0.05, 0) is 43.7 Å². The van der Waals surface area contributed by atoms with E-state index in [0.717, 1.165) is 6.54 Å². The first-order valence-electron chi connectivity index (χ1n) is 8.89. The minimum absolute atomic E-state index is 0.00661. The zero-order valence-electron chi connectivity index (χ0n) is 14.2. The first-order chi connectivity index (χ1) is 12.2. The SMILES string of the molecule is O=C(C[C@H]1CC[C@H](NC(=O)c2ccncc2)[C@@H](CO)O1)NCC1CC1. The second-order valence-corrected chi connectivity index (χ2v) is 6.82. The molecule has 1 aromatic heterocycles. The van der Waals surface area contributed by atoms with Gasteiger partial charge in [0.05, 0.1) is 25.2 Å². The number of aliphatic hydroxyl groups is 1. The van der Waals surface area contributed by atoms with Crippen molar-refractivity contribution < 1.29 is 19.4 Å². The maximum atomic E-state index is 12.2. The molecule has 25 heavy (non-hydrogen) atoms. The van der Waals surface area contributed by atoms with Crippen molar-refractivity contribution in [2.24, 2.45) is 5.92 Å². The van der Waals surface area contributed by atoms with E-state index in [0.29, 0.717) is 30.7 Å². The van der Waals surface area contributed by atoms with Gasteiger partial charge in [0.2, 0.25) is 5.91 Å². The van der Waals surface area contributed by atoms with E-state index in [1.54, 1.807) is 24.5 Å². The summed E-state index contributed by atoms with van der Waals surface area (Å²) in [4.78, 5) is 28.1. The van der Waals surface area contributed by atoms with Crippen LogP contribution in [0.2, 0.25) is 0 Å². The number of carbonyl (C=O) groups is 2. The van der Waals surface area contributed by atoms with Crippen molar-refractivity contribution in [1.82, 2.24) is 15.6 Å². The molecule has 2 aliphatic rings. The average Bonchev–Trinajstić information content (AvgIpc) is 3.46. The number of nitrogens with one attached hydrogen (secondary N) is 2. The average molecular weight is 347 g/mol. The minimum Gasteiger partial charge on any atom is -0.394 e. The van der Waals surface area contributed by atoms with Gasteiger partial charge in [0, 0.05) is 24.5 Å². The molecule has 1 aliphatic heterocycles.